The van der Waals surface area contributed by atoms with Gasteiger partial charge in [-0.25, -0.2) is 0 Å². The highest BCUT2D eigenvalue weighted by Crippen LogP contribution is 2.31. The molecule has 3 nitrogen and oxygen atoms in total. The summed E-state index contributed by atoms with van der Waals surface area (Å²) in [5, 5.41) is 19.5. The monoisotopic (exact) mass is 251 g/mol. The van der Waals surface area contributed by atoms with Crippen molar-refractivity contribution in [2.45, 2.75) is 17.4 Å². The quantitative estimate of drug-likeness (QED) is 0.537. The summed E-state index contributed by atoms with van der Waals surface area (Å²) < 4.78 is 0. The normalized spacial score (nSPS) is 12.8. The van der Waals surface area contributed by atoms with Crippen molar-refractivity contribution in [3.8, 4) is 5.75 Å². The molecular weight excluding hydrogens is 234 g/mol. The highest BCUT2D eigenvalue weighted by Gasteiger charge is 2.09. The first kappa shape index (κ1) is 13.7. The molecule has 1 rings (SSSR count). The summed E-state index contributed by atoms with van der Waals surface area (Å²) in [6.07, 6.45) is 4.75. The van der Waals surface area contributed by atoms with Crippen LogP contribution in [-0.2, 0) is 0 Å². The van der Waals surface area contributed by atoms with E-state index in [4.69, 9.17) is 5.73 Å². The lowest BCUT2D eigenvalue weighted by Crippen LogP contribution is -1.96. The number of benzene rings is 1. The smallest absolute Gasteiger partial charge is 0.129 e. The summed E-state index contributed by atoms with van der Waals surface area (Å²) in [5.74, 6) is 0.942. The number of aromatic hydroxyl groups is 1. The standard InChI is InChI=1S/C13H17NO2S/c1-2-8-17-13-9-10(5-6-12(13)16)11(15)4-3-7-14/h2-3,5-7,9,11,15-16H,1,4,8,14H2. The molecule has 1 aromatic rings. The molecule has 0 aromatic heterocycles. The average molecular weight is 251 g/mol. The maximum Gasteiger partial charge on any atom is 0.129 e. The van der Waals surface area contributed by atoms with Gasteiger partial charge in [-0.1, -0.05) is 18.2 Å². The highest BCUT2D eigenvalue weighted by molar-refractivity contribution is 7.99. The Morgan fingerprint density at radius 3 is 2.88 bits per heavy atom. The van der Waals surface area contributed by atoms with Gasteiger partial charge in [0.05, 0.1) is 6.10 Å². The molecule has 1 unspecified atom stereocenters. The maximum absolute atomic E-state index is 9.87. The van der Waals surface area contributed by atoms with Gasteiger partial charge in [-0.05, 0) is 30.3 Å². The van der Waals surface area contributed by atoms with Gasteiger partial charge in [0, 0.05) is 10.6 Å². The lowest BCUT2D eigenvalue weighted by atomic mass is 10.1. The first-order valence-electron chi connectivity index (χ1n) is 5.30. The summed E-state index contributed by atoms with van der Waals surface area (Å²) in [5.41, 5.74) is 6.00. The lowest BCUT2D eigenvalue weighted by molar-refractivity contribution is 0.181. The Balaban J connectivity index is 2.83. The van der Waals surface area contributed by atoms with E-state index >= 15 is 0 Å². The number of phenolic OH excluding ortho intramolecular Hbond substituents is 1. The Bertz CT molecular complexity index is 404. The first-order chi connectivity index (χ1) is 8.19. The van der Waals surface area contributed by atoms with Crippen LogP contribution in [0.1, 0.15) is 18.1 Å². The van der Waals surface area contributed by atoms with Crippen molar-refractivity contribution < 1.29 is 10.2 Å². The zero-order valence-corrected chi connectivity index (χ0v) is 10.4. The summed E-state index contributed by atoms with van der Waals surface area (Å²) in [4.78, 5) is 0.748. The molecule has 17 heavy (non-hydrogen) atoms. The van der Waals surface area contributed by atoms with Crippen LogP contribution in [-0.4, -0.2) is 16.0 Å². The molecule has 0 saturated carbocycles. The number of nitrogens with two attached hydrogens (primary N) is 1. The summed E-state index contributed by atoms with van der Waals surface area (Å²) in [7, 11) is 0. The lowest BCUT2D eigenvalue weighted by Gasteiger charge is -2.11. The van der Waals surface area contributed by atoms with Gasteiger partial charge in [0.15, 0.2) is 0 Å². The Labute approximate surface area is 106 Å². The molecule has 0 heterocycles. The molecule has 0 aliphatic heterocycles. The third-order valence-electron chi connectivity index (χ3n) is 2.22. The number of hydrogen-bond donors (Lipinski definition) is 3. The molecular formula is C13H17NO2S. The van der Waals surface area contributed by atoms with Crippen molar-refractivity contribution in [1.29, 1.82) is 0 Å². The molecule has 0 aliphatic rings. The van der Waals surface area contributed by atoms with Crippen LogP contribution >= 0.6 is 11.8 Å². The number of aliphatic hydroxyl groups excluding tert-OH is 1. The summed E-state index contributed by atoms with van der Waals surface area (Å²) in [6, 6.07) is 5.09. The second-order valence-corrected chi connectivity index (χ2v) is 4.57. The van der Waals surface area contributed by atoms with E-state index in [-0.39, 0.29) is 5.75 Å². The molecule has 0 bridgehead atoms. The first-order valence-corrected chi connectivity index (χ1v) is 6.29. The van der Waals surface area contributed by atoms with Crippen LogP contribution in [0, 0.1) is 0 Å². The third-order valence-corrected chi connectivity index (χ3v) is 3.26. The van der Waals surface area contributed by atoms with Crippen LogP contribution in [0.15, 0.2) is 48.0 Å². The van der Waals surface area contributed by atoms with Crippen molar-refractivity contribution >= 4 is 11.8 Å². The second kappa shape index (κ2) is 7.04. The predicted octanol–water partition coefficient (Wildman–Crippen LogP) is 2.57. The molecule has 0 spiro atoms. The molecule has 92 valence electrons. The molecule has 0 radical (unpaired) electrons. The number of hydrogen-bond acceptors (Lipinski definition) is 4. The molecule has 0 saturated heterocycles. The predicted molar refractivity (Wildman–Crippen MR) is 71.9 cm³/mol. The van der Waals surface area contributed by atoms with Crippen LogP contribution in [0.5, 0.6) is 5.75 Å². The number of thioether (sulfide) groups is 1. The van der Waals surface area contributed by atoms with Crippen LogP contribution in [0.3, 0.4) is 0 Å². The van der Waals surface area contributed by atoms with E-state index < -0.39 is 6.10 Å². The van der Waals surface area contributed by atoms with Gasteiger partial charge in [0.25, 0.3) is 0 Å². The number of rotatable bonds is 6. The van der Waals surface area contributed by atoms with Crippen molar-refractivity contribution in [3.63, 3.8) is 0 Å². The fourth-order valence-corrected chi connectivity index (χ4v) is 2.08. The van der Waals surface area contributed by atoms with Crippen molar-refractivity contribution in [2.75, 3.05) is 5.75 Å². The van der Waals surface area contributed by atoms with E-state index in [9.17, 15) is 10.2 Å². The average Bonchev–Trinajstić information content (AvgIpc) is 2.35. The second-order valence-electron chi connectivity index (χ2n) is 3.51. The van der Waals surface area contributed by atoms with Crippen molar-refractivity contribution in [1.82, 2.24) is 0 Å². The topological polar surface area (TPSA) is 66.5 Å². The molecule has 1 atom stereocenters. The van der Waals surface area contributed by atoms with E-state index in [0.717, 1.165) is 16.2 Å². The van der Waals surface area contributed by atoms with Crippen LogP contribution in [0.2, 0.25) is 0 Å². The number of aliphatic hydroxyl groups is 1. The minimum absolute atomic E-state index is 0.224. The Kier molecular flexibility index (Phi) is 5.66. The van der Waals surface area contributed by atoms with Crippen LogP contribution < -0.4 is 5.73 Å². The summed E-state index contributed by atoms with van der Waals surface area (Å²) in [6.45, 7) is 3.63. The van der Waals surface area contributed by atoms with Crippen LogP contribution in [0.4, 0.5) is 0 Å². The largest absolute Gasteiger partial charge is 0.507 e. The third kappa shape index (κ3) is 4.17. The summed E-state index contributed by atoms with van der Waals surface area (Å²) >= 11 is 1.48. The van der Waals surface area contributed by atoms with E-state index in [1.807, 2.05) is 0 Å². The van der Waals surface area contributed by atoms with E-state index in [1.54, 1.807) is 30.4 Å². The van der Waals surface area contributed by atoms with Gasteiger partial charge in [0.1, 0.15) is 5.75 Å². The molecule has 0 aliphatic carbocycles. The highest BCUT2D eigenvalue weighted by atomic mass is 32.2. The van der Waals surface area contributed by atoms with Gasteiger partial charge >= 0.3 is 0 Å². The fraction of sp³-hybridized carbons (Fsp3) is 0.231. The van der Waals surface area contributed by atoms with E-state index in [0.29, 0.717) is 6.42 Å². The molecule has 4 heteroatoms. The van der Waals surface area contributed by atoms with Gasteiger partial charge in [-0.3, -0.25) is 0 Å². The van der Waals surface area contributed by atoms with Gasteiger partial charge < -0.3 is 15.9 Å². The molecule has 0 amide bonds. The Hall–Kier alpha value is -1.39. The molecule has 0 fully saturated rings. The van der Waals surface area contributed by atoms with Gasteiger partial charge in [-0.2, -0.15) is 0 Å². The zero-order chi connectivity index (χ0) is 12.7. The number of phenols is 1. The Morgan fingerprint density at radius 2 is 2.24 bits per heavy atom. The SMILES string of the molecule is C=CCSc1cc(C(O)CC=CN)ccc1O. The van der Waals surface area contributed by atoms with E-state index in [2.05, 4.69) is 6.58 Å². The van der Waals surface area contributed by atoms with Gasteiger partial charge in [0.2, 0.25) is 0 Å². The van der Waals surface area contributed by atoms with Crippen molar-refractivity contribution in [2.24, 2.45) is 5.73 Å². The molecule has 4 N–H and O–H groups in total. The zero-order valence-electron chi connectivity index (χ0n) is 9.54. The minimum atomic E-state index is -0.599. The maximum atomic E-state index is 9.87. The van der Waals surface area contributed by atoms with E-state index in [1.165, 1.54) is 18.0 Å². The van der Waals surface area contributed by atoms with Crippen LogP contribution in [0.25, 0.3) is 0 Å². The fourth-order valence-electron chi connectivity index (χ4n) is 1.35. The van der Waals surface area contributed by atoms with Gasteiger partial charge in [-0.15, -0.1) is 18.3 Å². The van der Waals surface area contributed by atoms with Crippen molar-refractivity contribution in [3.05, 3.63) is 48.7 Å². The minimum Gasteiger partial charge on any atom is -0.507 e. The Morgan fingerprint density at radius 1 is 1.47 bits per heavy atom. The molecule has 1 aromatic carbocycles.